The summed E-state index contributed by atoms with van der Waals surface area (Å²) in [6.45, 7) is 0. The third-order valence-corrected chi connectivity index (χ3v) is 5.94. The van der Waals surface area contributed by atoms with Gasteiger partial charge in [0.1, 0.15) is 5.75 Å². The van der Waals surface area contributed by atoms with E-state index in [0.717, 1.165) is 4.88 Å². The normalized spacial score (nSPS) is 11.0. The Morgan fingerprint density at radius 1 is 1.04 bits per heavy atom. The SMILES string of the molecule is COc1ccc(NS(=O)(=O)c2cccc(NC(=O)Cc3cccs3)c2)cc1. The molecule has 0 saturated heterocycles. The number of amides is 1. The predicted molar refractivity (Wildman–Crippen MR) is 107 cm³/mol. The molecule has 2 aromatic carbocycles. The molecule has 0 radical (unpaired) electrons. The lowest BCUT2D eigenvalue weighted by Crippen LogP contribution is -2.16. The molecule has 0 unspecified atom stereocenters. The highest BCUT2D eigenvalue weighted by Crippen LogP contribution is 2.21. The van der Waals surface area contributed by atoms with Crippen LogP contribution in [0.5, 0.6) is 5.75 Å². The first-order chi connectivity index (χ1) is 13.0. The van der Waals surface area contributed by atoms with Gasteiger partial charge in [0.25, 0.3) is 10.0 Å². The fraction of sp³-hybridized carbons (Fsp3) is 0.105. The van der Waals surface area contributed by atoms with Crippen LogP contribution in [0.2, 0.25) is 0 Å². The zero-order chi connectivity index (χ0) is 19.3. The maximum Gasteiger partial charge on any atom is 0.261 e. The molecular weight excluding hydrogens is 384 g/mol. The molecule has 2 N–H and O–H groups in total. The molecule has 0 spiro atoms. The second-order valence-corrected chi connectivity index (χ2v) is 8.38. The quantitative estimate of drug-likeness (QED) is 0.631. The molecule has 3 aromatic rings. The van der Waals surface area contributed by atoms with Crippen molar-refractivity contribution in [1.29, 1.82) is 0 Å². The van der Waals surface area contributed by atoms with Crippen LogP contribution >= 0.6 is 11.3 Å². The van der Waals surface area contributed by atoms with Gasteiger partial charge >= 0.3 is 0 Å². The molecule has 1 aromatic heterocycles. The average Bonchev–Trinajstić information content (AvgIpc) is 3.15. The van der Waals surface area contributed by atoms with E-state index < -0.39 is 10.0 Å². The van der Waals surface area contributed by atoms with Crippen molar-refractivity contribution in [3.05, 3.63) is 70.9 Å². The van der Waals surface area contributed by atoms with E-state index in [-0.39, 0.29) is 17.2 Å². The van der Waals surface area contributed by atoms with Gasteiger partial charge in [0.15, 0.2) is 0 Å². The molecule has 8 heteroatoms. The Labute approximate surface area is 161 Å². The van der Waals surface area contributed by atoms with Crippen LogP contribution in [0.25, 0.3) is 0 Å². The van der Waals surface area contributed by atoms with Crippen molar-refractivity contribution < 1.29 is 17.9 Å². The number of hydrogen-bond acceptors (Lipinski definition) is 5. The van der Waals surface area contributed by atoms with Gasteiger partial charge in [-0.1, -0.05) is 12.1 Å². The van der Waals surface area contributed by atoms with Crippen molar-refractivity contribution in [2.45, 2.75) is 11.3 Å². The van der Waals surface area contributed by atoms with Crippen LogP contribution in [0, 0.1) is 0 Å². The molecule has 1 amide bonds. The third-order valence-electron chi connectivity index (χ3n) is 3.69. The Balaban J connectivity index is 1.71. The second kappa shape index (κ2) is 8.24. The number of methoxy groups -OCH3 is 1. The number of benzene rings is 2. The summed E-state index contributed by atoms with van der Waals surface area (Å²) in [6.07, 6.45) is 0.249. The number of thiophene rings is 1. The predicted octanol–water partition coefficient (Wildman–Crippen LogP) is 3.74. The Bertz CT molecular complexity index is 1010. The maximum absolute atomic E-state index is 12.6. The van der Waals surface area contributed by atoms with Gasteiger partial charge in [0.2, 0.25) is 5.91 Å². The Kier molecular flexibility index (Phi) is 5.78. The number of nitrogens with one attached hydrogen (secondary N) is 2. The summed E-state index contributed by atoms with van der Waals surface area (Å²) in [5, 5.41) is 4.63. The van der Waals surface area contributed by atoms with E-state index in [1.807, 2.05) is 17.5 Å². The molecule has 3 rings (SSSR count). The maximum atomic E-state index is 12.6. The number of anilines is 2. The van der Waals surface area contributed by atoms with E-state index in [4.69, 9.17) is 4.74 Å². The van der Waals surface area contributed by atoms with E-state index in [1.54, 1.807) is 36.4 Å². The zero-order valence-electron chi connectivity index (χ0n) is 14.5. The summed E-state index contributed by atoms with van der Waals surface area (Å²) in [6, 6.07) is 16.5. The van der Waals surface area contributed by atoms with Crippen LogP contribution in [0.4, 0.5) is 11.4 Å². The largest absolute Gasteiger partial charge is 0.497 e. The molecule has 0 aliphatic rings. The van der Waals surface area contributed by atoms with Crippen LogP contribution in [0.1, 0.15) is 4.88 Å². The van der Waals surface area contributed by atoms with Gasteiger partial charge in [-0.3, -0.25) is 9.52 Å². The monoisotopic (exact) mass is 402 g/mol. The topological polar surface area (TPSA) is 84.5 Å². The van der Waals surface area contributed by atoms with Gasteiger partial charge in [-0.05, 0) is 53.9 Å². The van der Waals surface area contributed by atoms with E-state index >= 15 is 0 Å². The van der Waals surface area contributed by atoms with Crippen LogP contribution in [-0.4, -0.2) is 21.4 Å². The molecular formula is C19H18N2O4S2. The summed E-state index contributed by atoms with van der Waals surface area (Å²) in [5.74, 6) is 0.434. The summed E-state index contributed by atoms with van der Waals surface area (Å²) in [7, 11) is -2.24. The van der Waals surface area contributed by atoms with Crippen molar-refractivity contribution in [2.75, 3.05) is 17.1 Å². The standard InChI is InChI=1S/C19H18N2O4S2/c1-25-16-9-7-14(8-10-16)21-27(23,24)18-6-2-4-15(12-18)20-19(22)13-17-5-3-11-26-17/h2-12,21H,13H2,1H3,(H,20,22). The van der Waals surface area contributed by atoms with Crippen molar-refractivity contribution in [2.24, 2.45) is 0 Å². The van der Waals surface area contributed by atoms with Crippen LogP contribution in [-0.2, 0) is 21.2 Å². The van der Waals surface area contributed by atoms with Crippen LogP contribution in [0.3, 0.4) is 0 Å². The van der Waals surface area contributed by atoms with Crippen LogP contribution in [0.15, 0.2) is 70.9 Å². The lowest BCUT2D eigenvalue weighted by Gasteiger charge is -2.10. The minimum Gasteiger partial charge on any atom is -0.497 e. The molecule has 0 bridgehead atoms. The third kappa shape index (κ3) is 5.08. The van der Waals surface area contributed by atoms with Gasteiger partial charge in [0.05, 0.1) is 18.4 Å². The number of carbonyl (C=O) groups excluding carboxylic acids is 1. The summed E-state index contributed by atoms with van der Waals surface area (Å²) in [4.78, 5) is 13.1. The number of hydrogen-bond donors (Lipinski definition) is 2. The number of sulfonamides is 1. The van der Waals surface area contributed by atoms with E-state index in [2.05, 4.69) is 10.0 Å². The molecule has 0 saturated carbocycles. The van der Waals surface area contributed by atoms with Crippen molar-refractivity contribution >= 4 is 38.6 Å². The molecule has 0 aliphatic heterocycles. The first-order valence-electron chi connectivity index (χ1n) is 8.05. The number of ether oxygens (including phenoxy) is 1. The first-order valence-corrected chi connectivity index (χ1v) is 10.4. The minimum absolute atomic E-state index is 0.0623. The van der Waals surface area contributed by atoms with E-state index in [0.29, 0.717) is 17.1 Å². The highest BCUT2D eigenvalue weighted by atomic mass is 32.2. The number of carbonyl (C=O) groups is 1. The molecule has 0 fully saturated rings. The minimum atomic E-state index is -3.78. The first kappa shape index (κ1) is 18.9. The second-order valence-electron chi connectivity index (χ2n) is 5.67. The zero-order valence-corrected chi connectivity index (χ0v) is 16.1. The molecule has 0 atom stereocenters. The smallest absolute Gasteiger partial charge is 0.261 e. The molecule has 27 heavy (non-hydrogen) atoms. The van der Waals surface area contributed by atoms with E-state index in [9.17, 15) is 13.2 Å². The van der Waals surface area contributed by atoms with Gasteiger partial charge < -0.3 is 10.1 Å². The fourth-order valence-corrected chi connectivity index (χ4v) is 4.20. The highest BCUT2D eigenvalue weighted by Gasteiger charge is 2.15. The fourth-order valence-electron chi connectivity index (χ4n) is 2.39. The van der Waals surface area contributed by atoms with Crippen molar-refractivity contribution in [1.82, 2.24) is 0 Å². The lowest BCUT2D eigenvalue weighted by atomic mass is 10.3. The Morgan fingerprint density at radius 2 is 1.81 bits per heavy atom. The lowest BCUT2D eigenvalue weighted by molar-refractivity contribution is -0.115. The molecule has 6 nitrogen and oxygen atoms in total. The molecule has 1 heterocycles. The molecule has 140 valence electrons. The van der Waals surface area contributed by atoms with Gasteiger partial charge in [-0.2, -0.15) is 0 Å². The van der Waals surface area contributed by atoms with Gasteiger partial charge in [-0.15, -0.1) is 11.3 Å². The summed E-state index contributed by atoms with van der Waals surface area (Å²) >= 11 is 1.50. The van der Waals surface area contributed by atoms with E-state index in [1.165, 1.54) is 30.6 Å². The van der Waals surface area contributed by atoms with Crippen molar-refractivity contribution in [3.8, 4) is 5.75 Å². The Morgan fingerprint density at radius 3 is 2.48 bits per heavy atom. The van der Waals surface area contributed by atoms with Crippen molar-refractivity contribution in [3.63, 3.8) is 0 Å². The van der Waals surface area contributed by atoms with Gasteiger partial charge in [0, 0.05) is 16.3 Å². The average molecular weight is 402 g/mol. The number of rotatable bonds is 7. The summed E-state index contributed by atoms with van der Waals surface area (Å²) < 4.78 is 32.8. The molecule has 0 aliphatic carbocycles. The Hall–Kier alpha value is -2.84. The summed E-state index contributed by atoms with van der Waals surface area (Å²) in [5.41, 5.74) is 0.845. The van der Waals surface area contributed by atoms with Crippen LogP contribution < -0.4 is 14.8 Å². The highest BCUT2D eigenvalue weighted by molar-refractivity contribution is 7.92. The van der Waals surface area contributed by atoms with Gasteiger partial charge in [-0.25, -0.2) is 8.42 Å².